The molecule has 0 aromatic heterocycles. The molecule has 4 heteroatoms. The molecule has 0 fully saturated rings. The lowest BCUT2D eigenvalue weighted by Crippen LogP contribution is -2.23. The third-order valence-electron chi connectivity index (χ3n) is 4.45. The van der Waals surface area contributed by atoms with Crippen LogP contribution in [-0.2, 0) is 17.8 Å². The number of hydrogen-bond donors (Lipinski definition) is 2. The highest BCUT2D eigenvalue weighted by Crippen LogP contribution is 2.44. The molecular formula is C20H20O3S. The van der Waals surface area contributed by atoms with Crippen molar-refractivity contribution < 1.29 is 15.0 Å². The highest BCUT2D eigenvalue weighted by Gasteiger charge is 2.41. The average molecular weight is 340 g/mol. The van der Waals surface area contributed by atoms with Gasteiger partial charge in [-0.15, -0.1) is 0 Å². The van der Waals surface area contributed by atoms with Crippen LogP contribution in [0.15, 0.2) is 59.9 Å². The zero-order valence-electron chi connectivity index (χ0n) is 13.7. The van der Waals surface area contributed by atoms with Crippen molar-refractivity contribution in [1.29, 1.82) is 0 Å². The molecule has 0 radical (unpaired) electrons. The van der Waals surface area contributed by atoms with Crippen molar-refractivity contribution in [2.75, 3.05) is 0 Å². The Morgan fingerprint density at radius 3 is 1.88 bits per heavy atom. The molecule has 3 nitrogen and oxygen atoms in total. The summed E-state index contributed by atoms with van der Waals surface area (Å²) in [5.74, 6) is 0.196. The summed E-state index contributed by atoms with van der Waals surface area (Å²) in [6.45, 7) is 3.63. The Morgan fingerprint density at radius 1 is 0.958 bits per heavy atom. The molecule has 24 heavy (non-hydrogen) atoms. The van der Waals surface area contributed by atoms with Crippen molar-refractivity contribution in [3.63, 3.8) is 0 Å². The molecule has 3 rings (SSSR count). The van der Waals surface area contributed by atoms with Gasteiger partial charge in [0.2, 0.25) is 5.12 Å². The third kappa shape index (κ3) is 3.12. The lowest BCUT2D eigenvalue weighted by atomic mass is 9.95. The molecule has 0 bridgehead atoms. The Balaban J connectivity index is 1.79. The Labute approximate surface area is 146 Å². The lowest BCUT2D eigenvalue weighted by Gasteiger charge is -2.22. The van der Waals surface area contributed by atoms with E-state index in [2.05, 4.69) is 0 Å². The SMILES string of the molecule is CC1=C(O)C(C)(Cc2ccc(-c3ccc(CO)cc3)cc2)SC1=O. The highest BCUT2D eigenvalue weighted by atomic mass is 32.2. The van der Waals surface area contributed by atoms with Crippen LogP contribution in [0.2, 0.25) is 0 Å². The van der Waals surface area contributed by atoms with Gasteiger partial charge in [-0.25, -0.2) is 0 Å². The minimum atomic E-state index is -0.578. The molecule has 0 spiro atoms. The van der Waals surface area contributed by atoms with Gasteiger partial charge in [0.25, 0.3) is 0 Å². The monoisotopic (exact) mass is 340 g/mol. The van der Waals surface area contributed by atoms with Crippen molar-refractivity contribution in [3.05, 3.63) is 71.0 Å². The van der Waals surface area contributed by atoms with Gasteiger partial charge in [-0.3, -0.25) is 4.79 Å². The van der Waals surface area contributed by atoms with E-state index >= 15 is 0 Å². The molecule has 0 saturated carbocycles. The number of benzene rings is 2. The molecule has 1 aliphatic heterocycles. The largest absolute Gasteiger partial charge is 0.510 e. The maximum Gasteiger partial charge on any atom is 0.219 e. The molecular weight excluding hydrogens is 320 g/mol. The zero-order chi connectivity index (χ0) is 17.3. The van der Waals surface area contributed by atoms with Gasteiger partial charge >= 0.3 is 0 Å². The van der Waals surface area contributed by atoms with E-state index in [4.69, 9.17) is 5.11 Å². The van der Waals surface area contributed by atoms with Gasteiger partial charge in [-0.2, -0.15) is 0 Å². The zero-order valence-corrected chi connectivity index (χ0v) is 14.6. The quantitative estimate of drug-likeness (QED) is 0.873. The van der Waals surface area contributed by atoms with Gasteiger partial charge in [0.1, 0.15) is 5.76 Å². The first-order valence-electron chi connectivity index (χ1n) is 7.86. The maximum atomic E-state index is 11.8. The average Bonchev–Trinajstić information content (AvgIpc) is 2.79. The molecule has 1 atom stereocenters. The molecule has 0 amide bonds. The van der Waals surface area contributed by atoms with Crippen LogP contribution in [0, 0.1) is 0 Å². The molecule has 1 heterocycles. The number of rotatable bonds is 4. The van der Waals surface area contributed by atoms with E-state index in [-0.39, 0.29) is 17.5 Å². The number of thioether (sulfide) groups is 1. The van der Waals surface area contributed by atoms with Crippen molar-refractivity contribution in [2.24, 2.45) is 0 Å². The first kappa shape index (κ1) is 16.8. The summed E-state index contributed by atoms with van der Waals surface area (Å²) in [5.41, 5.74) is 4.62. The van der Waals surface area contributed by atoms with E-state index in [1.54, 1.807) is 6.92 Å². The summed E-state index contributed by atoms with van der Waals surface area (Å²) in [6, 6.07) is 16.0. The van der Waals surface area contributed by atoms with E-state index in [1.807, 2.05) is 55.5 Å². The summed E-state index contributed by atoms with van der Waals surface area (Å²) in [7, 11) is 0. The predicted molar refractivity (Wildman–Crippen MR) is 97.8 cm³/mol. The number of carbonyl (C=O) groups is 1. The number of carbonyl (C=O) groups excluding carboxylic acids is 1. The Bertz CT molecular complexity index is 791. The second-order valence-electron chi connectivity index (χ2n) is 6.32. The minimum absolute atomic E-state index is 0.0457. The van der Waals surface area contributed by atoms with E-state index in [9.17, 15) is 9.90 Å². The molecule has 2 aromatic rings. The van der Waals surface area contributed by atoms with Crippen molar-refractivity contribution in [3.8, 4) is 11.1 Å². The normalized spacial score (nSPS) is 20.7. The van der Waals surface area contributed by atoms with Gasteiger partial charge in [0, 0.05) is 5.57 Å². The fraction of sp³-hybridized carbons (Fsp3) is 0.250. The Kier molecular flexibility index (Phi) is 4.52. The van der Waals surface area contributed by atoms with Crippen LogP contribution in [0.1, 0.15) is 25.0 Å². The van der Waals surface area contributed by atoms with Gasteiger partial charge in [-0.1, -0.05) is 60.3 Å². The molecule has 2 aromatic carbocycles. The second-order valence-corrected chi connectivity index (χ2v) is 7.80. The van der Waals surface area contributed by atoms with Crippen LogP contribution in [-0.4, -0.2) is 20.1 Å². The molecule has 0 aliphatic carbocycles. The topological polar surface area (TPSA) is 57.5 Å². The summed E-state index contributed by atoms with van der Waals surface area (Å²) in [4.78, 5) is 11.8. The third-order valence-corrected chi connectivity index (χ3v) is 5.73. The minimum Gasteiger partial charge on any atom is -0.510 e. The fourth-order valence-electron chi connectivity index (χ4n) is 2.95. The van der Waals surface area contributed by atoms with Gasteiger partial charge in [-0.05, 0) is 42.5 Å². The molecule has 1 unspecified atom stereocenters. The van der Waals surface area contributed by atoms with Crippen LogP contribution in [0.3, 0.4) is 0 Å². The van der Waals surface area contributed by atoms with Crippen LogP contribution < -0.4 is 0 Å². The molecule has 124 valence electrons. The van der Waals surface area contributed by atoms with Crippen molar-refractivity contribution >= 4 is 16.9 Å². The second kappa shape index (κ2) is 6.46. The van der Waals surface area contributed by atoms with E-state index in [0.29, 0.717) is 12.0 Å². The van der Waals surface area contributed by atoms with Crippen LogP contribution in [0.5, 0.6) is 0 Å². The Morgan fingerprint density at radius 2 is 1.46 bits per heavy atom. The van der Waals surface area contributed by atoms with Crippen LogP contribution >= 0.6 is 11.8 Å². The van der Waals surface area contributed by atoms with Gasteiger partial charge < -0.3 is 10.2 Å². The van der Waals surface area contributed by atoms with Gasteiger partial charge in [0.05, 0.1) is 11.4 Å². The Hall–Kier alpha value is -2.04. The van der Waals surface area contributed by atoms with Crippen LogP contribution in [0.25, 0.3) is 11.1 Å². The van der Waals surface area contributed by atoms with E-state index in [0.717, 1.165) is 22.3 Å². The lowest BCUT2D eigenvalue weighted by molar-refractivity contribution is -0.107. The maximum absolute atomic E-state index is 11.8. The predicted octanol–water partition coefficient (Wildman–Crippen LogP) is 4.25. The fourth-order valence-corrected chi connectivity index (χ4v) is 4.10. The summed E-state index contributed by atoms with van der Waals surface area (Å²) in [5, 5.41) is 19.3. The summed E-state index contributed by atoms with van der Waals surface area (Å²) in [6.07, 6.45) is 0.607. The highest BCUT2D eigenvalue weighted by molar-refractivity contribution is 8.15. The first-order valence-corrected chi connectivity index (χ1v) is 8.67. The molecule has 0 saturated heterocycles. The van der Waals surface area contributed by atoms with Gasteiger partial charge in [0.15, 0.2) is 0 Å². The van der Waals surface area contributed by atoms with Crippen molar-refractivity contribution in [1.82, 2.24) is 0 Å². The summed E-state index contributed by atoms with van der Waals surface area (Å²) < 4.78 is -0.578. The first-order chi connectivity index (χ1) is 11.4. The van der Waals surface area contributed by atoms with E-state index < -0.39 is 4.75 Å². The number of aliphatic hydroxyl groups excluding tert-OH is 2. The number of hydrogen-bond acceptors (Lipinski definition) is 4. The van der Waals surface area contributed by atoms with Crippen molar-refractivity contribution in [2.45, 2.75) is 31.6 Å². The number of aliphatic hydroxyl groups is 2. The standard InChI is InChI=1S/C20H20O3S/c1-13-18(22)20(2,24-19(13)23)11-14-3-7-16(8-4-14)17-9-5-15(12-21)6-10-17/h3-10,21-22H,11-12H2,1-2H3. The van der Waals surface area contributed by atoms with Crippen LogP contribution in [0.4, 0.5) is 0 Å². The summed E-state index contributed by atoms with van der Waals surface area (Å²) >= 11 is 1.20. The molecule has 1 aliphatic rings. The van der Waals surface area contributed by atoms with E-state index in [1.165, 1.54) is 11.8 Å². The smallest absolute Gasteiger partial charge is 0.219 e. The molecule has 2 N–H and O–H groups in total.